The molecule has 3 heteroatoms. The SMILES string of the molecule is C=C[C@@]12c3c4cc(OC)cc3O[C@@H]1[C@@H](O)CC[C@@H]2CC4. The minimum Gasteiger partial charge on any atom is -0.497 e. The van der Waals surface area contributed by atoms with Crippen molar-refractivity contribution >= 4 is 0 Å². The highest BCUT2D eigenvalue weighted by Gasteiger charge is 2.59. The molecular formula is C17H20O3. The van der Waals surface area contributed by atoms with Crippen LogP contribution in [0.3, 0.4) is 0 Å². The van der Waals surface area contributed by atoms with Crippen LogP contribution in [0.2, 0.25) is 0 Å². The van der Waals surface area contributed by atoms with Gasteiger partial charge in [0.05, 0.1) is 18.6 Å². The molecule has 1 fully saturated rings. The van der Waals surface area contributed by atoms with Crippen molar-refractivity contribution in [1.29, 1.82) is 0 Å². The molecule has 4 atom stereocenters. The highest BCUT2D eigenvalue weighted by atomic mass is 16.5. The average molecular weight is 272 g/mol. The number of aryl methyl sites for hydroxylation is 1. The Morgan fingerprint density at radius 3 is 3.00 bits per heavy atom. The van der Waals surface area contributed by atoms with Crippen LogP contribution in [0.5, 0.6) is 11.5 Å². The summed E-state index contributed by atoms with van der Waals surface area (Å²) in [6.07, 6.45) is 5.52. The summed E-state index contributed by atoms with van der Waals surface area (Å²) in [7, 11) is 1.68. The quantitative estimate of drug-likeness (QED) is 0.841. The Balaban J connectivity index is 1.98. The number of benzene rings is 1. The van der Waals surface area contributed by atoms with E-state index in [9.17, 15) is 5.11 Å². The molecule has 2 aliphatic carbocycles. The van der Waals surface area contributed by atoms with Gasteiger partial charge in [-0.15, -0.1) is 6.58 Å². The number of methoxy groups -OCH3 is 1. The van der Waals surface area contributed by atoms with E-state index in [4.69, 9.17) is 9.47 Å². The van der Waals surface area contributed by atoms with Gasteiger partial charge in [-0.3, -0.25) is 0 Å². The molecule has 0 amide bonds. The summed E-state index contributed by atoms with van der Waals surface area (Å²) >= 11 is 0. The third-order valence-electron chi connectivity index (χ3n) is 5.49. The topological polar surface area (TPSA) is 38.7 Å². The van der Waals surface area contributed by atoms with Crippen molar-refractivity contribution in [2.24, 2.45) is 5.92 Å². The van der Waals surface area contributed by atoms with E-state index in [1.165, 1.54) is 11.1 Å². The standard InChI is InChI=1S/C17H20O3/c1-3-17-11-5-4-10-8-12(19-2)9-14(15(10)17)20-16(17)13(18)7-6-11/h3,8-9,11,13,16,18H,1,4-7H2,2H3/t11-,13-,16+,17+/m0/s1. The number of aliphatic hydroxyl groups is 1. The van der Waals surface area contributed by atoms with Crippen LogP contribution >= 0.6 is 0 Å². The van der Waals surface area contributed by atoms with Crippen LogP contribution in [0.1, 0.15) is 30.4 Å². The monoisotopic (exact) mass is 272 g/mol. The zero-order valence-corrected chi connectivity index (χ0v) is 11.8. The molecule has 1 N–H and O–H groups in total. The normalized spacial score (nSPS) is 37.0. The van der Waals surface area contributed by atoms with Crippen molar-refractivity contribution in [2.45, 2.75) is 43.3 Å². The molecule has 1 aromatic rings. The van der Waals surface area contributed by atoms with E-state index in [-0.39, 0.29) is 11.5 Å². The van der Waals surface area contributed by atoms with Gasteiger partial charge < -0.3 is 14.6 Å². The van der Waals surface area contributed by atoms with Gasteiger partial charge in [0.25, 0.3) is 0 Å². The minimum atomic E-state index is -0.409. The lowest BCUT2D eigenvalue weighted by atomic mass is 9.56. The summed E-state index contributed by atoms with van der Waals surface area (Å²) in [6.45, 7) is 4.10. The molecule has 0 saturated heterocycles. The van der Waals surface area contributed by atoms with Crippen molar-refractivity contribution < 1.29 is 14.6 Å². The van der Waals surface area contributed by atoms with Gasteiger partial charge >= 0.3 is 0 Å². The summed E-state index contributed by atoms with van der Waals surface area (Å²) < 4.78 is 11.5. The summed E-state index contributed by atoms with van der Waals surface area (Å²) in [5.41, 5.74) is 2.35. The fourth-order valence-corrected chi connectivity index (χ4v) is 4.61. The maximum Gasteiger partial charge on any atom is 0.138 e. The largest absolute Gasteiger partial charge is 0.497 e. The summed E-state index contributed by atoms with van der Waals surface area (Å²) in [6, 6.07) is 4.07. The molecule has 3 aliphatic rings. The van der Waals surface area contributed by atoms with Gasteiger partial charge in [0.2, 0.25) is 0 Å². The second-order valence-corrected chi connectivity index (χ2v) is 6.22. The lowest BCUT2D eigenvalue weighted by Gasteiger charge is -2.47. The molecule has 0 unspecified atom stereocenters. The molecule has 1 aliphatic heterocycles. The van der Waals surface area contributed by atoms with E-state index >= 15 is 0 Å². The molecule has 106 valence electrons. The molecule has 0 radical (unpaired) electrons. The second kappa shape index (κ2) is 4.01. The zero-order chi connectivity index (χ0) is 13.9. The number of hydrogen-bond acceptors (Lipinski definition) is 3. The first kappa shape index (κ1) is 12.3. The Kier molecular flexibility index (Phi) is 2.46. The van der Waals surface area contributed by atoms with Gasteiger partial charge in [-0.05, 0) is 43.2 Å². The average Bonchev–Trinajstić information content (AvgIpc) is 2.83. The van der Waals surface area contributed by atoms with Crippen LogP contribution in [0, 0.1) is 5.92 Å². The fourth-order valence-electron chi connectivity index (χ4n) is 4.61. The lowest BCUT2D eigenvalue weighted by Crippen LogP contribution is -2.54. The smallest absolute Gasteiger partial charge is 0.138 e. The Morgan fingerprint density at radius 1 is 1.40 bits per heavy atom. The molecule has 1 heterocycles. The predicted octanol–water partition coefficient (Wildman–Crippen LogP) is 2.60. The molecule has 1 saturated carbocycles. The third kappa shape index (κ3) is 1.29. The van der Waals surface area contributed by atoms with Crippen LogP contribution in [0.15, 0.2) is 24.8 Å². The minimum absolute atomic E-state index is 0.181. The third-order valence-corrected chi connectivity index (χ3v) is 5.49. The van der Waals surface area contributed by atoms with Crippen molar-refractivity contribution in [3.8, 4) is 11.5 Å². The molecule has 0 spiro atoms. The second-order valence-electron chi connectivity index (χ2n) is 6.22. The summed E-state index contributed by atoms with van der Waals surface area (Å²) in [4.78, 5) is 0. The molecule has 1 aromatic carbocycles. The predicted molar refractivity (Wildman–Crippen MR) is 76.3 cm³/mol. The van der Waals surface area contributed by atoms with Gasteiger partial charge in [-0.25, -0.2) is 0 Å². The lowest BCUT2D eigenvalue weighted by molar-refractivity contribution is -0.0381. The Bertz CT molecular complexity index is 580. The van der Waals surface area contributed by atoms with Gasteiger partial charge in [-0.2, -0.15) is 0 Å². The van der Waals surface area contributed by atoms with Crippen LogP contribution in [0.4, 0.5) is 0 Å². The van der Waals surface area contributed by atoms with E-state index in [2.05, 4.69) is 12.6 Å². The van der Waals surface area contributed by atoms with E-state index in [0.717, 1.165) is 37.2 Å². The van der Waals surface area contributed by atoms with Gasteiger partial charge in [0.1, 0.15) is 17.6 Å². The Labute approximate surface area is 119 Å². The summed E-state index contributed by atoms with van der Waals surface area (Å²) in [5.74, 6) is 2.26. The molecule has 0 bridgehead atoms. The van der Waals surface area contributed by atoms with Crippen molar-refractivity contribution in [3.63, 3.8) is 0 Å². The highest BCUT2D eigenvalue weighted by Crippen LogP contribution is 2.59. The maximum atomic E-state index is 10.4. The van der Waals surface area contributed by atoms with E-state index in [0.29, 0.717) is 5.92 Å². The molecule has 4 rings (SSSR count). The van der Waals surface area contributed by atoms with E-state index in [1.807, 2.05) is 12.1 Å². The summed E-state index contributed by atoms with van der Waals surface area (Å²) in [5, 5.41) is 10.4. The van der Waals surface area contributed by atoms with Crippen LogP contribution < -0.4 is 9.47 Å². The molecule has 0 aromatic heterocycles. The molecule has 3 nitrogen and oxygen atoms in total. The van der Waals surface area contributed by atoms with E-state index < -0.39 is 6.10 Å². The van der Waals surface area contributed by atoms with Gasteiger partial charge in [0, 0.05) is 11.6 Å². The van der Waals surface area contributed by atoms with Gasteiger partial charge in [-0.1, -0.05) is 6.08 Å². The number of rotatable bonds is 2. The molecule has 20 heavy (non-hydrogen) atoms. The zero-order valence-electron chi connectivity index (χ0n) is 11.8. The number of aliphatic hydroxyl groups excluding tert-OH is 1. The van der Waals surface area contributed by atoms with E-state index in [1.54, 1.807) is 7.11 Å². The van der Waals surface area contributed by atoms with Crippen LogP contribution in [-0.4, -0.2) is 24.4 Å². The first-order valence-corrected chi connectivity index (χ1v) is 7.40. The van der Waals surface area contributed by atoms with Crippen LogP contribution in [-0.2, 0) is 11.8 Å². The first-order chi connectivity index (χ1) is 9.70. The Morgan fingerprint density at radius 2 is 2.25 bits per heavy atom. The highest BCUT2D eigenvalue weighted by molar-refractivity contribution is 5.59. The first-order valence-electron chi connectivity index (χ1n) is 7.40. The van der Waals surface area contributed by atoms with Crippen molar-refractivity contribution in [3.05, 3.63) is 35.9 Å². The van der Waals surface area contributed by atoms with Gasteiger partial charge in [0.15, 0.2) is 0 Å². The number of hydrogen-bond donors (Lipinski definition) is 1. The van der Waals surface area contributed by atoms with Crippen LogP contribution in [0.25, 0.3) is 0 Å². The Hall–Kier alpha value is -1.48. The van der Waals surface area contributed by atoms with Crippen molar-refractivity contribution in [1.82, 2.24) is 0 Å². The number of ether oxygens (including phenoxy) is 2. The maximum absolute atomic E-state index is 10.4. The fraction of sp³-hybridized carbons (Fsp3) is 0.529. The molecular weight excluding hydrogens is 252 g/mol. The van der Waals surface area contributed by atoms with Crippen molar-refractivity contribution in [2.75, 3.05) is 7.11 Å².